The van der Waals surface area contributed by atoms with Gasteiger partial charge in [-0.1, -0.05) is 0 Å². The normalized spacial score (nSPS) is 14.2. The fraction of sp³-hybridized carbons (Fsp3) is 0.429. The van der Waals surface area contributed by atoms with E-state index in [1.54, 1.807) is 20.8 Å². The van der Waals surface area contributed by atoms with Gasteiger partial charge in [-0.2, -0.15) is 0 Å². The number of aldehydes is 1. The molecule has 1 amide bonds. The molecule has 5 nitrogen and oxygen atoms in total. The summed E-state index contributed by atoms with van der Waals surface area (Å²) in [7, 11) is 0. The lowest BCUT2D eigenvalue weighted by Crippen LogP contribution is -2.47. The standard InChI is InChI=1S/C14H17F2NO4/c1-13(2,3)21-12(20)17-14(4,7-18)9-5-8(15)6-10(16)11(9)19/h5-7,19H,1-4H3,(H,17,20). The Balaban J connectivity index is 3.16. The number of aromatic hydroxyl groups is 1. The Labute approximate surface area is 120 Å². The van der Waals surface area contributed by atoms with E-state index in [0.29, 0.717) is 6.07 Å². The first kappa shape index (κ1) is 16.9. The average molecular weight is 301 g/mol. The second-order valence-electron chi connectivity index (χ2n) is 5.73. The Morgan fingerprint density at radius 1 is 1.29 bits per heavy atom. The van der Waals surface area contributed by atoms with Crippen molar-refractivity contribution in [2.24, 2.45) is 0 Å². The summed E-state index contributed by atoms with van der Waals surface area (Å²) in [4.78, 5) is 23.0. The van der Waals surface area contributed by atoms with Crippen molar-refractivity contribution in [2.75, 3.05) is 0 Å². The summed E-state index contributed by atoms with van der Waals surface area (Å²) in [6.07, 6.45) is -0.702. The zero-order chi connectivity index (χ0) is 16.4. The van der Waals surface area contributed by atoms with Crippen LogP contribution in [0.1, 0.15) is 33.3 Å². The topological polar surface area (TPSA) is 75.6 Å². The van der Waals surface area contributed by atoms with Crippen molar-refractivity contribution < 1.29 is 28.2 Å². The number of rotatable bonds is 3. The SMILES string of the molecule is CC(C)(C)OC(=O)NC(C)(C=O)c1cc(F)cc(F)c1O. The number of carbonyl (C=O) groups is 2. The quantitative estimate of drug-likeness (QED) is 0.841. The molecule has 0 spiro atoms. The molecule has 0 bridgehead atoms. The van der Waals surface area contributed by atoms with Crippen LogP contribution in [0.2, 0.25) is 0 Å². The number of alkyl carbamates (subject to hydrolysis) is 1. The first-order chi connectivity index (χ1) is 9.48. The van der Waals surface area contributed by atoms with Gasteiger partial charge < -0.3 is 20.0 Å². The van der Waals surface area contributed by atoms with Crippen molar-refractivity contribution >= 4 is 12.4 Å². The molecule has 21 heavy (non-hydrogen) atoms. The van der Waals surface area contributed by atoms with Crippen molar-refractivity contribution in [3.63, 3.8) is 0 Å². The van der Waals surface area contributed by atoms with Gasteiger partial charge in [0.25, 0.3) is 0 Å². The Kier molecular flexibility index (Phi) is 4.56. The maximum atomic E-state index is 13.4. The van der Waals surface area contributed by atoms with Gasteiger partial charge in [0, 0.05) is 11.6 Å². The molecule has 1 unspecified atom stereocenters. The van der Waals surface area contributed by atoms with Crippen LogP contribution in [0.25, 0.3) is 0 Å². The molecule has 1 rings (SSSR count). The molecular formula is C14H17F2NO4. The van der Waals surface area contributed by atoms with Gasteiger partial charge in [0.15, 0.2) is 11.6 Å². The minimum Gasteiger partial charge on any atom is -0.505 e. The minimum absolute atomic E-state index is 0.255. The van der Waals surface area contributed by atoms with E-state index in [9.17, 15) is 23.5 Å². The molecule has 0 aliphatic rings. The highest BCUT2D eigenvalue weighted by molar-refractivity contribution is 5.78. The number of carbonyl (C=O) groups excluding carboxylic acids is 2. The Morgan fingerprint density at radius 2 is 1.86 bits per heavy atom. The monoisotopic (exact) mass is 301 g/mol. The fourth-order valence-electron chi connectivity index (χ4n) is 1.64. The first-order valence-electron chi connectivity index (χ1n) is 6.14. The largest absolute Gasteiger partial charge is 0.505 e. The molecule has 116 valence electrons. The Bertz CT molecular complexity index is 569. The fourth-order valence-corrected chi connectivity index (χ4v) is 1.64. The lowest BCUT2D eigenvalue weighted by molar-refractivity contribution is -0.113. The van der Waals surface area contributed by atoms with E-state index in [1.165, 1.54) is 6.92 Å². The number of nitrogens with one attached hydrogen (secondary N) is 1. The van der Waals surface area contributed by atoms with E-state index < -0.39 is 40.2 Å². The molecule has 1 aromatic rings. The third-order valence-corrected chi connectivity index (χ3v) is 2.58. The van der Waals surface area contributed by atoms with Crippen LogP contribution in [0.3, 0.4) is 0 Å². The van der Waals surface area contributed by atoms with Crippen LogP contribution in [0, 0.1) is 11.6 Å². The molecule has 2 N–H and O–H groups in total. The second-order valence-corrected chi connectivity index (χ2v) is 5.73. The molecule has 0 aliphatic heterocycles. The second kappa shape index (κ2) is 5.67. The highest BCUT2D eigenvalue weighted by Gasteiger charge is 2.34. The molecule has 0 radical (unpaired) electrons. The number of phenols is 1. The third-order valence-electron chi connectivity index (χ3n) is 2.58. The van der Waals surface area contributed by atoms with Crippen molar-refractivity contribution in [3.05, 3.63) is 29.3 Å². The van der Waals surface area contributed by atoms with Crippen LogP contribution >= 0.6 is 0 Å². The molecule has 0 aliphatic carbocycles. The predicted molar refractivity (Wildman–Crippen MR) is 70.8 cm³/mol. The third kappa shape index (κ3) is 4.14. The molecule has 1 aromatic carbocycles. The Hall–Kier alpha value is -2.18. The van der Waals surface area contributed by atoms with Gasteiger partial charge >= 0.3 is 6.09 Å². The van der Waals surface area contributed by atoms with Gasteiger partial charge in [-0.25, -0.2) is 13.6 Å². The Morgan fingerprint density at radius 3 is 2.33 bits per heavy atom. The molecule has 1 atom stereocenters. The molecule has 7 heteroatoms. The van der Waals surface area contributed by atoms with Gasteiger partial charge in [0.1, 0.15) is 23.2 Å². The molecule has 0 saturated heterocycles. The zero-order valence-corrected chi connectivity index (χ0v) is 12.2. The van der Waals surface area contributed by atoms with Gasteiger partial charge in [0.05, 0.1) is 0 Å². The molecule has 0 aromatic heterocycles. The highest BCUT2D eigenvalue weighted by Crippen LogP contribution is 2.31. The number of halogens is 2. The van der Waals surface area contributed by atoms with Crippen molar-refractivity contribution in [3.8, 4) is 5.75 Å². The summed E-state index contributed by atoms with van der Waals surface area (Å²) < 4.78 is 31.6. The number of amides is 1. The molecule has 0 fully saturated rings. The van der Waals surface area contributed by atoms with E-state index in [1.807, 2.05) is 0 Å². The average Bonchev–Trinajstić information content (AvgIpc) is 2.30. The lowest BCUT2D eigenvalue weighted by atomic mass is 9.92. The van der Waals surface area contributed by atoms with E-state index >= 15 is 0 Å². The summed E-state index contributed by atoms with van der Waals surface area (Å²) in [5, 5.41) is 11.8. The highest BCUT2D eigenvalue weighted by atomic mass is 19.1. The molecule has 0 heterocycles. The van der Waals surface area contributed by atoms with Crippen LogP contribution < -0.4 is 5.32 Å². The summed E-state index contributed by atoms with van der Waals surface area (Å²) in [5.41, 5.74) is -3.06. The number of phenolic OH excluding ortho intramolecular Hbond substituents is 1. The number of hydrogen-bond acceptors (Lipinski definition) is 4. The summed E-state index contributed by atoms with van der Waals surface area (Å²) in [5.74, 6) is -3.13. The molecule has 0 saturated carbocycles. The van der Waals surface area contributed by atoms with Crippen LogP contribution in [0.4, 0.5) is 13.6 Å². The van der Waals surface area contributed by atoms with Crippen molar-refractivity contribution in [2.45, 2.75) is 38.8 Å². The number of benzene rings is 1. The lowest BCUT2D eigenvalue weighted by Gasteiger charge is -2.28. The van der Waals surface area contributed by atoms with E-state index in [4.69, 9.17) is 4.74 Å². The van der Waals surface area contributed by atoms with E-state index in [-0.39, 0.29) is 6.29 Å². The smallest absolute Gasteiger partial charge is 0.408 e. The van der Waals surface area contributed by atoms with Crippen LogP contribution in [-0.2, 0) is 15.1 Å². The van der Waals surface area contributed by atoms with Crippen LogP contribution in [0.5, 0.6) is 5.75 Å². The van der Waals surface area contributed by atoms with Gasteiger partial charge in [0.2, 0.25) is 0 Å². The van der Waals surface area contributed by atoms with Gasteiger partial charge in [-0.05, 0) is 33.8 Å². The predicted octanol–water partition coefficient (Wildman–Crippen LogP) is 2.61. The summed E-state index contributed by atoms with van der Waals surface area (Å²) in [6, 6.07) is 1.24. The summed E-state index contributed by atoms with van der Waals surface area (Å²) in [6.45, 7) is 6.04. The van der Waals surface area contributed by atoms with Crippen molar-refractivity contribution in [1.29, 1.82) is 0 Å². The first-order valence-corrected chi connectivity index (χ1v) is 6.14. The van der Waals surface area contributed by atoms with E-state index in [0.717, 1.165) is 6.07 Å². The maximum Gasteiger partial charge on any atom is 0.408 e. The van der Waals surface area contributed by atoms with Crippen LogP contribution in [0.15, 0.2) is 12.1 Å². The number of hydrogen-bond donors (Lipinski definition) is 2. The summed E-state index contributed by atoms with van der Waals surface area (Å²) >= 11 is 0. The van der Waals surface area contributed by atoms with Gasteiger partial charge in [-0.3, -0.25) is 0 Å². The molecular weight excluding hydrogens is 284 g/mol. The minimum atomic E-state index is -1.84. The van der Waals surface area contributed by atoms with Crippen molar-refractivity contribution in [1.82, 2.24) is 5.32 Å². The van der Waals surface area contributed by atoms with E-state index in [2.05, 4.69) is 5.32 Å². The van der Waals surface area contributed by atoms with Gasteiger partial charge in [-0.15, -0.1) is 0 Å². The maximum absolute atomic E-state index is 13.4. The number of ether oxygens (including phenoxy) is 1. The van der Waals surface area contributed by atoms with Crippen LogP contribution in [-0.4, -0.2) is 23.1 Å². The zero-order valence-electron chi connectivity index (χ0n) is 12.2.